The third-order valence-electron chi connectivity index (χ3n) is 4.62. The van der Waals surface area contributed by atoms with Crippen LogP contribution in [0.5, 0.6) is 0 Å². The van der Waals surface area contributed by atoms with E-state index < -0.39 is 0 Å². The molecule has 0 spiro atoms. The Hall–Kier alpha value is -0.480. The molecule has 2 rings (SSSR count). The molecule has 0 saturated carbocycles. The van der Waals surface area contributed by atoms with Crippen molar-refractivity contribution in [2.75, 3.05) is 19.6 Å². The van der Waals surface area contributed by atoms with Crippen LogP contribution in [0.2, 0.25) is 0 Å². The van der Waals surface area contributed by atoms with Crippen LogP contribution in [0, 0.1) is 0 Å². The van der Waals surface area contributed by atoms with Gasteiger partial charge >= 0.3 is 0 Å². The molecule has 0 fully saturated rings. The molecule has 1 aromatic heterocycles. The number of thiophene rings is 1. The van der Waals surface area contributed by atoms with Crippen LogP contribution < -0.4 is 16.9 Å². The number of aryl methyl sites for hydroxylation is 1. The fourth-order valence-electron chi connectivity index (χ4n) is 2.93. The van der Waals surface area contributed by atoms with Gasteiger partial charge in [-0.2, -0.15) is 0 Å². The number of nitrogens with zero attached hydrogens (tertiary/aromatic N) is 1. The summed E-state index contributed by atoms with van der Waals surface area (Å²) in [5.74, 6) is 1.06. The fraction of sp³-hybridized carbons (Fsp3) is 0.474. The van der Waals surface area contributed by atoms with E-state index in [1.165, 1.54) is 34.3 Å². The lowest BCUT2D eigenvalue weighted by molar-refractivity contribution is -0.00000461. The van der Waals surface area contributed by atoms with Crippen LogP contribution in [-0.2, 0) is 12.2 Å². The maximum atomic E-state index is 2.47. The topological polar surface area (TPSA) is 0 Å². The molecule has 0 saturated heterocycles. The maximum absolute atomic E-state index is 2.47. The third-order valence-corrected chi connectivity index (χ3v) is 7.23. The minimum absolute atomic E-state index is 0. The van der Waals surface area contributed by atoms with Crippen LogP contribution in [0.25, 0.3) is 0 Å². The molecule has 0 aliphatic rings. The Morgan fingerprint density at radius 1 is 0.957 bits per heavy atom. The van der Waals surface area contributed by atoms with Gasteiger partial charge in [-0.05, 0) is 32.8 Å². The normalized spacial score (nSPS) is 11.3. The Morgan fingerprint density at radius 2 is 1.57 bits per heavy atom. The van der Waals surface area contributed by atoms with E-state index in [1.54, 1.807) is 5.69 Å². The van der Waals surface area contributed by atoms with Crippen molar-refractivity contribution in [1.82, 2.24) is 4.48 Å². The lowest BCUT2D eigenvalue weighted by Gasteiger charge is -2.35. The van der Waals surface area contributed by atoms with E-state index in [2.05, 4.69) is 64.1 Å². The molecular weight excluding hydrogens is 342 g/mol. The van der Waals surface area contributed by atoms with Gasteiger partial charge in [0, 0.05) is 16.7 Å². The fourth-order valence-corrected chi connectivity index (χ4v) is 5.46. The summed E-state index contributed by atoms with van der Waals surface area (Å²) in [4.78, 5) is 1.52. The van der Waals surface area contributed by atoms with Crippen LogP contribution in [0.15, 0.2) is 40.6 Å². The van der Waals surface area contributed by atoms with Crippen LogP contribution in [0.4, 0.5) is 5.69 Å². The van der Waals surface area contributed by atoms with Gasteiger partial charge < -0.3 is 12.4 Å². The predicted octanol–water partition coefficient (Wildman–Crippen LogP) is 2.97. The first-order valence-electron chi connectivity index (χ1n) is 8.35. The van der Waals surface area contributed by atoms with Crippen molar-refractivity contribution in [1.29, 1.82) is 0 Å². The van der Waals surface area contributed by atoms with Crippen molar-refractivity contribution in [3.63, 3.8) is 0 Å². The highest BCUT2D eigenvalue weighted by atomic mass is 35.5. The Morgan fingerprint density at radius 3 is 2.09 bits per heavy atom. The summed E-state index contributed by atoms with van der Waals surface area (Å²) in [7, 11) is 0. The van der Waals surface area contributed by atoms with E-state index in [0.717, 1.165) is 16.7 Å². The first-order chi connectivity index (χ1) is 10.7. The van der Waals surface area contributed by atoms with Crippen molar-refractivity contribution in [3.05, 3.63) is 46.8 Å². The minimum atomic E-state index is 0. The molecule has 0 radical (unpaired) electrons. The van der Waals surface area contributed by atoms with E-state index in [-0.39, 0.29) is 12.4 Å². The summed E-state index contributed by atoms with van der Waals surface area (Å²) in [6.45, 7) is 12.7. The summed E-state index contributed by atoms with van der Waals surface area (Å²) in [5.41, 5.74) is 2.96. The maximum Gasteiger partial charge on any atom is 0.157 e. The van der Waals surface area contributed by atoms with E-state index in [9.17, 15) is 0 Å². The third kappa shape index (κ3) is 4.76. The average Bonchev–Trinajstić information content (AvgIpc) is 3.00. The number of benzene rings is 1. The van der Waals surface area contributed by atoms with E-state index in [4.69, 9.17) is 0 Å². The highest BCUT2D eigenvalue weighted by Gasteiger charge is 2.29. The quantitative estimate of drug-likeness (QED) is 0.509. The van der Waals surface area contributed by atoms with Gasteiger partial charge in [-0.1, -0.05) is 37.3 Å². The number of hydrogen-bond donors (Lipinski definition) is 0. The molecule has 128 valence electrons. The molecule has 0 bridgehead atoms. The number of quaternary nitrogens is 1. The second-order valence-electron chi connectivity index (χ2n) is 5.61. The monoisotopic (exact) mass is 369 g/mol. The van der Waals surface area contributed by atoms with Gasteiger partial charge in [0.25, 0.3) is 0 Å². The summed E-state index contributed by atoms with van der Waals surface area (Å²) >= 11 is 4.01. The Labute approximate surface area is 156 Å². The molecule has 0 aliphatic carbocycles. The van der Waals surface area contributed by atoms with Gasteiger partial charge in [-0.25, -0.2) is 0 Å². The molecule has 0 aliphatic heterocycles. The van der Waals surface area contributed by atoms with E-state index in [1.807, 2.05) is 23.1 Å². The predicted molar refractivity (Wildman–Crippen MR) is 103 cm³/mol. The highest BCUT2D eigenvalue weighted by Crippen LogP contribution is 2.43. The van der Waals surface area contributed by atoms with Gasteiger partial charge in [0.15, 0.2) is 5.69 Å². The van der Waals surface area contributed by atoms with Crippen LogP contribution >= 0.6 is 23.1 Å². The van der Waals surface area contributed by atoms with E-state index >= 15 is 0 Å². The van der Waals surface area contributed by atoms with Gasteiger partial charge in [-0.3, -0.25) is 4.48 Å². The number of rotatable bonds is 8. The first kappa shape index (κ1) is 20.6. The smallest absolute Gasteiger partial charge is 0.157 e. The van der Waals surface area contributed by atoms with Gasteiger partial charge in [0.2, 0.25) is 0 Å². The second kappa shape index (κ2) is 9.73. The SMILES string of the molecule is CCc1cc([N+](CC)(CC)CC)c(SCc2ccccc2)s1.[Cl-]. The zero-order chi connectivity index (χ0) is 16.0. The molecule has 0 atom stereocenters. The van der Waals surface area contributed by atoms with Gasteiger partial charge in [0.05, 0.1) is 19.6 Å². The zero-order valence-electron chi connectivity index (χ0n) is 14.6. The summed E-state index contributed by atoms with van der Waals surface area (Å²) in [5, 5.41) is 0. The van der Waals surface area contributed by atoms with Gasteiger partial charge in [-0.15, -0.1) is 23.1 Å². The van der Waals surface area contributed by atoms with Crippen molar-refractivity contribution >= 4 is 28.8 Å². The van der Waals surface area contributed by atoms with Crippen molar-refractivity contribution in [2.45, 2.75) is 44.1 Å². The lowest BCUT2D eigenvalue weighted by atomic mass is 10.2. The second-order valence-corrected chi connectivity index (χ2v) is 7.99. The molecule has 0 unspecified atom stereocenters. The van der Waals surface area contributed by atoms with Crippen molar-refractivity contribution < 1.29 is 12.4 Å². The standard InChI is InChI=1S/C19H28NS2.ClH/c1-5-17-14-18(20(6-2,7-3)8-4)19(22-17)21-15-16-12-10-9-11-13-16;/h9-14H,5-8,15H2,1-4H3;1H/q+1;/p-1. The average molecular weight is 370 g/mol. The molecule has 2 aromatic rings. The number of halogens is 1. The van der Waals surface area contributed by atoms with E-state index in [0.29, 0.717) is 0 Å². The number of hydrogen-bond acceptors (Lipinski definition) is 2. The largest absolute Gasteiger partial charge is 1.00 e. The van der Waals surface area contributed by atoms with Crippen LogP contribution in [0.3, 0.4) is 0 Å². The highest BCUT2D eigenvalue weighted by molar-refractivity contribution is 8.00. The Bertz CT molecular complexity index is 568. The summed E-state index contributed by atoms with van der Waals surface area (Å²) < 4.78 is 2.62. The molecule has 0 amide bonds. The lowest BCUT2D eigenvalue weighted by Crippen LogP contribution is -3.00. The zero-order valence-corrected chi connectivity index (χ0v) is 17.0. The number of thioether (sulfide) groups is 1. The molecule has 1 heterocycles. The molecule has 1 nitrogen and oxygen atoms in total. The summed E-state index contributed by atoms with van der Waals surface area (Å²) in [6.07, 6.45) is 1.14. The Kier molecular flexibility index (Phi) is 8.70. The molecule has 0 N–H and O–H groups in total. The molecule has 23 heavy (non-hydrogen) atoms. The first-order valence-corrected chi connectivity index (χ1v) is 10.1. The Balaban J connectivity index is 0.00000264. The van der Waals surface area contributed by atoms with Crippen LogP contribution in [-0.4, -0.2) is 19.6 Å². The summed E-state index contributed by atoms with van der Waals surface area (Å²) in [6, 6.07) is 13.3. The van der Waals surface area contributed by atoms with Crippen molar-refractivity contribution in [2.24, 2.45) is 0 Å². The van der Waals surface area contributed by atoms with Crippen LogP contribution in [0.1, 0.15) is 38.1 Å². The molecule has 1 aromatic carbocycles. The molecule has 4 heteroatoms. The van der Waals surface area contributed by atoms with Gasteiger partial charge in [0.1, 0.15) is 4.21 Å². The molecular formula is C19H28ClNS2. The van der Waals surface area contributed by atoms with Crippen molar-refractivity contribution in [3.8, 4) is 0 Å². The minimum Gasteiger partial charge on any atom is -1.00 e.